The van der Waals surface area contributed by atoms with Gasteiger partial charge in [-0.15, -0.1) is 0 Å². The molecule has 1 N–H and O–H groups in total. The molecule has 2 aromatic rings. The van der Waals surface area contributed by atoms with Gasteiger partial charge in [0.2, 0.25) is 0 Å². The van der Waals surface area contributed by atoms with Crippen LogP contribution in [0.4, 0.5) is 0 Å². The zero-order valence-corrected chi connectivity index (χ0v) is 17.0. The molecule has 0 atom stereocenters. The van der Waals surface area contributed by atoms with Gasteiger partial charge in [-0.05, 0) is 73.6 Å². The third-order valence-electron chi connectivity index (χ3n) is 6.90. The number of nitrogens with zero attached hydrogens (tertiary/aromatic N) is 1. The van der Waals surface area contributed by atoms with Crippen molar-refractivity contribution < 1.29 is 14.6 Å². The number of carbonyl (C=O) groups is 1. The van der Waals surface area contributed by atoms with Crippen molar-refractivity contribution in [3.8, 4) is 17.0 Å². The number of carboxylic acid groups (broad SMARTS) is 1. The highest BCUT2D eigenvalue weighted by Gasteiger charge is 2.43. The number of fused-ring (bicyclic) bond motifs is 4. The van der Waals surface area contributed by atoms with E-state index in [2.05, 4.69) is 30.5 Å². The van der Waals surface area contributed by atoms with Crippen LogP contribution < -0.4 is 10.2 Å². The first-order valence-corrected chi connectivity index (χ1v) is 10.7. The Morgan fingerprint density at radius 2 is 2.03 bits per heavy atom. The minimum atomic E-state index is -1.16. The van der Waals surface area contributed by atoms with Crippen LogP contribution in [0.15, 0.2) is 29.2 Å². The van der Waals surface area contributed by atoms with E-state index in [1.807, 2.05) is 0 Å². The number of benzene rings is 1. The molecule has 0 unspecified atom stereocenters. The highest BCUT2D eigenvalue weighted by Crippen LogP contribution is 2.50. The number of aromatic nitrogens is 1. The Hall–Kier alpha value is -2.56. The molecule has 5 nitrogen and oxygen atoms in total. The molecule has 2 fully saturated rings. The molecule has 5 rings (SSSR count). The van der Waals surface area contributed by atoms with Gasteiger partial charge in [0.25, 0.3) is 0 Å². The van der Waals surface area contributed by atoms with Gasteiger partial charge in [-0.3, -0.25) is 4.79 Å². The molecule has 1 aromatic carbocycles. The molecule has 0 radical (unpaired) electrons. The van der Waals surface area contributed by atoms with Crippen molar-refractivity contribution >= 4 is 5.97 Å². The molecule has 1 spiro atoms. The van der Waals surface area contributed by atoms with Crippen molar-refractivity contribution in [1.29, 1.82) is 0 Å². The van der Waals surface area contributed by atoms with Gasteiger partial charge < -0.3 is 14.4 Å². The van der Waals surface area contributed by atoms with Gasteiger partial charge in [-0.2, -0.15) is 0 Å². The second-order valence-electron chi connectivity index (χ2n) is 9.32. The quantitative estimate of drug-likeness (QED) is 0.808. The predicted octanol–water partition coefficient (Wildman–Crippen LogP) is 4.56. The normalized spacial score (nSPS) is 18.9. The van der Waals surface area contributed by atoms with Gasteiger partial charge in [-0.25, -0.2) is 4.79 Å². The number of aromatic carboxylic acids is 1. The van der Waals surface area contributed by atoms with Crippen molar-refractivity contribution in [1.82, 2.24) is 4.57 Å². The monoisotopic (exact) mass is 393 g/mol. The average molecular weight is 393 g/mol. The summed E-state index contributed by atoms with van der Waals surface area (Å²) in [5.74, 6) is 0.806. The highest BCUT2D eigenvalue weighted by molar-refractivity contribution is 5.88. The highest BCUT2D eigenvalue weighted by atomic mass is 16.5. The summed E-state index contributed by atoms with van der Waals surface area (Å²) in [4.78, 5) is 24.1. The van der Waals surface area contributed by atoms with E-state index in [9.17, 15) is 14.7 Å². The van der Waals surface area contributed by atoms with Crippen LogP contribution in [0.25, 0.3) is 11.3 Å². The standard InChI is InChI=1S/C24H27NO4/c1-14(2)17-9-18-16(8-22(17)29-13-15-4-5-15)11-24(6-3-7-24)25-12-19(23(27)28)21(26)10-20(18)25/h8-10,12,14-15H,3-7,11,13H2,1-2H3,(H,27,28). The molecular weight excluding hydrogens is 366 g/mol. The van der Waals surface area contributed by atoms with Crippen molar-refractivity contribution in [2.45, 2.75) is 63.8 Å². The Labute approximate surface area is 170 Å². The van der Waals surface area contributed by atoms with Crippen molar-refractivity contribution in [3.05, 3.63) is 51.3 Å². The average Bonchev–Trinajstić information content (AvgIpc) is 3.47. The summed E-state index contributed by atoms with van der Waals surface area (Å²) in [5, 5.41) is 9.46. The fourth-order valence-electron chi connectivity index (χ4n) is 4.83. The smallest absolute Gasteiger partial charge is 0.341 e. The van der Waals surface area contributed by atoms with Crippen LogP contribution in [0.5, 0.6) is 5.75 Å². The molecule has 5 heteroatoms. The van der Waals surface area contributed by atoms with E-state index in [4.69, 9.17) is 4.74 Å². The first kappa shape index (κ1) is 18.5. The third kappa shape index (κ3) is 2.98. The summed E-state index contributed by atoms with van der Waals surface area (Å²) < 4.78 is 8.31. The number of rotatable bonds is 5. The van der Waals surface area contributed by atoms with Gasteiger partial charge in [0.05, 0.1) is 12.3 Å². The van der Waals surface area contributed by atoms with Crippen molar-refractivity contribution in [2.75, 3.05) is 6.61 Å². The maximum atomic E-state index is 12.5. The fraction of sp³-hybridized carbons (Fsp3) is 0.500. The van der Waals surface area contributed by atoms with Gasteiger partial charge >= 0.3 is 5.97 Å². The lowest BCUT2D eigenvalue weighted by Crippen LogP contribution is -2.46. The zero-order valence-electron chi connectivity index (χ0n) is 17.0. The summed E-state index contributed by atoms with van der Waals surface area (Å²) in [7, 11) is 0. The van der Waals surface area contributed by atoms with E-state index in [0.717, 1.165) is 54.9 Å². The van der Waals surface area contributed by atoms with E-state index in [-0.39, 0.29) is 11.1 Å². The molecule has 0 amide bonds. The lowest BCUT2D eigenvalue weighted by molar-refractivity contribution is 0.0691. The molecule has 2 heterocycles. The van der Waals surface area contributed by atoms with E-state index < -0.39 is 11.4 Å². The number of hydrogen-bond acceptors (Lipinski definition) is 3. The first-order chi connectivity index (χ1) is 13.9. The Morgan fingerprint density at radius 1 is 1.28 bits per heavy atom. The maximum absolute atomic E-state index is 12.5. The summed E-state index contributed by atoms with van der Waals surface area (Å²) in [6.07, 6.45) is 8.08. The topological polar surface area (TPSA) is 68.5 Å². The second-order valence-corrected chi connectivity index (χ2v) is 9.32. The lowest BCUT2D eigenvalue weighted by Gasteiger charge is -2.49. The fourth-order valence-corrected chi connectivity index (χ4v) is 4.83. The molecule has 2 saturated carbocycles. The van der Waals surface area contributed by atoms with E-state index in [1.54, 1.807) is 6.20 Å². The Balaban J connectivity index is 1.68. The van der Waals surface area contributed by atoms with Crippen LogP contribution in [0, 0.1) is 5.92 Å². The summed E-state index contributed by atoms with van der Waals surface area (Å²) in [6, 6.07) is 5.88. The Morgan fingerprint density at radius 3 is 2.62 bits per heavy atom. The minimum Gasteiger partial charge on any atom is -0.493 e. The summed E-state index contributed by atoms with van der Waals surface area (Å²) >= 11 is 0. The minimum absolute atomic E-state index is 0.118. The molecular formula is C24H27NO4. The molecule has 2 aliphatic carbocycles. The third-order valence-corrected chi connectivity index (χ3v) is 6.90. The van der Waals surface area contributed by atoms with Crippen LogP contribution in [-0.2, 0) is 12.0 Å². The maximum Gasteiger partial charge on any atom is 0.341 e. The number of carboxylic acids is 1. The Bertz CT molecular complexity index is 1060. The Kier molecular flexibility index (Phi) is 4.12. The number of hydrogen-bond donors (Lipinski definition) is 1. The number of ether oxygens (including phenoxy) is 1. The van der Waals surface area contributed by atoms with Crippen LogP contribution >= 0.6 is 0 Å². The van der Waals surface area contributed by atoms with Crippen molar-refractivity contribution in [2.24, 2.45) is 5.92 Å². The molecule has 0 saturated heterocycles. The molecule has 152 valence electrons. The molecule has 1 aromatic heterocycles. The van der Waals surface area contributed by atoms with Crippen LogP contribution in [0.3, 0.4) is 0 Å². The van der Waals surface area contributed by atoms with Crippen molar-refractivity contribution in [3.63, 3.8) is 0 Å². The SMILES string of the molecule is CC(C)c1cc2c(cc1OCC1CC1)CC1(CCC1)n1cc(C(=O)O)c(=O)cc1-2. The molecule has 29 heavy (non-hydrogen) atoms. The van der Waals surface area contributed by atoms with Gasteiger partial charge in [0.15, 0.2) is 5.43 Å². The lowest BCUT2D eigenvalue weighted by atomic mass is 9.69. The van der Waals surface area contributed by atoms with E-state index in [1.165, 1.54) is 24.5 Å². The zero-order chi connectivity index (χ0) is 20.3. The first-order valence-electron chi connectivity index (χ1n) is 10.7. The number of pyridine rings is 1. The molecule has 1 aliphatic heterocycles. The van der Waals surface area contributed by atoms with Crippen LogP contribution in [0.2, 0.25) is 0 Å². The summed E-state index contributed by atoms with van der Waals surface area (Å²) in [5.41, 5.74) is 3.56. The molecule has 0 bridgehead atoms. The van der Waals surface area contributed by atoms with E-state index in [0.29, 0.717) is 11.8 Å². The van der Waals surface area contributed by atoms with Gasteiger partial charge in [0, 0.05) is 23.4 Å². The van der Waals surface area contributed by atoms with Gasteiger partial charge in [0.1, 0.15) is 11.3 Å². The second kappa shape index (κ2) is 6.48. The van der Waals surface area contributed by atoms with Crippen LogP contribution in [-0.4, -0.2) is 22.2 Å². The predicted molar refractivity (Wildman–Crippen MR) is 111 cm³/mol. The van der Waals surface area contributed by atoms with E-state index >= 15 is 0 Å². The largest absolute Gasteiger partial charge is 0.493 e. The summed E-state index contributed by atoms with van der Waals surface area (Å²) in [6.45, 7) is 5.09. The molecule has 3 aliphatic rings. The van der Waals surface area contributed by atoms with Crippen LogP contribution in [0.1, 0.15) is 73.4 Å². The van der Waals surface area contributed by atoms with Gasteiger partial charge in [-0.1, -0.05) is 13.8 Å².